The quantitative estimate of drug-likeness (QED) is 0.740. The van der Waals surface area contributed by atoms with Crippen LogP contribution < -0.4 is 5.32 Å². The molecule has 144 valence electrons. The largest absolute Gasteiger partial charge is 0.326 e. The minimum atomic E-state index is -0.566. The predicted octanol–water partition coefficient (Wildman–Crippen LogP) is 4.28. The van der Waals surface area contributed by atoms with Gasteiger partial charge in [-0.3, -0.25) is 14.5 Å². The molecule has 1 saturated heterocycles. The average molecular weight is 397 g/mol. The van der Waals surface area contributed by atoms with E-state index in [1.165, 1.54) is 40.9 Å². The van der Waals surface area contributed by atoms with Gasteiger partial charge in [-0.25, -0.2) is 9.38 Å². The Kier molecular flexibility index (Phi) is 6.26. The van der Waals surface area contributed by atoms with E-state index < -0.39 is 5.25 Å². The molecule has 2 aromatic carbocycles. The second-order valence-electron chi connectivity index (χ2n) is 6.34. The number of benzene rings is 2. The van der Waals surface area contributed by atoms with E-state index in [0.717, 1.165) is 11.3 Å². The molecule has 28 heavy (non-hydrogen) atoms. The second kappa shape index (κ2) is 8.84. The fourth-order valence-corrected chi connectivity index (χ4v) is 3.91. The number of carbonyl (C=O) groups excluding carboxylic acids is 2. The van der Waals surface area contributed by atoms with Gasteiger partial charge in [-0.1, -0.05) is 30.0 Å². The van der Waals surface area contributed by atoms with Crippen LogP contribution in [-0.2, 0) is 9.59 Å². The van der Waals surface area contributed by atoms with Crippen LogP contribution in [0.4, 0.5) is 15.8 Å². The van der Waals surface area contributed by atoms with Crippen molar-refractivity contribution in [3.63, 3.8) is 0 Å². The third-order valence-corrected chi connectivity index (χ3v) is 5.23. The van der Waals surface area contributed by atoms with Crippen molar-refractivity contribution in [2.75, 3.05) is 11.9 Å². The highest BCUT2D eigenvalue weighted by Gasteiger charge is 2.38. The van der Waals surface area contributed by atoms with Crippen LogP contribution in [0.2, 0.25) is 0 Å². The zero-order valence-corrected chi connectivity index (χ0v) is 16.2. The van der Waals surface area contributed by atoms with Crippen LogP contribution in [0.25, 0.3) is 0 Å². The number of rotatable bonds is 6. The molecule has 5 nitrogen and oxygen atoms in total. The molecule has 0 saturated carbocycles. The van der Waals surface area contributed by atoms with Crippen LogP contribution in [0.3, 0.4) is 0 Å². The van der Waals surface area contributed by atoms with Crippen LogP contribution in [0.5, 0.6) is 0 Å². The van der Waals surface area contributed by atoms with E-state index in [0.29, 0.717) is 17.4 Å². The van der Waals surface area contributed by atoms with Gasteiger partial charge in [0.2, 0.25) is 11.8 Å². The highest BCUT2D eigenvalue weighted by Crippen LogP contribution is 2.32. The fraction of sp³-hybridized carbons (Fsp3) is 0.190. The highest BCUT2D eigenvalue weighted by molar-refractivity contribution is 8.15. The lowest BCUT2D eigenvalue weighted by atomic mass is 10.2. The molecule has 0 spiro atoms. The van der Waals surface area contributed by atoms with Gasteiger partial charge in [0.05, 0.1) is 5.69 Å². The number of carbonyl (C=O) groups is 2. The van der Waals surface area contributed by atoms with Gasteiger partial charge in [0, 0.05) is 18.7 Å². The molecular weight excluding hydrogens is 377 g/mol. The van der Waals surface area contributed by atoms with E-state index in [9.17, 15) is 14.0 Å². The topological polar surface area (TPSA) is 61.8 Å². The van der Waals surface area contributed by atoms with Crippen molar-refractivity contribution in [1.29, 1.82) is 0 Å². The third kappa shape index (κ3) is 4.86. The molecule has 1 aliphatic heterocycles. The average Bonchev–Trinajstić information content (AvgIpc) is 2.93. The van der Waals surface area contributed by atoms with Gasteiger partial charge >= 0.3 is 0 Å². The molecule has 1 aliphatic rings. The number of nitrogens with one attached hydrogen (secondary N) is 1. The van der Waals surface area contributed by atoms with E-state index in [2.05, 4.69) is 16.9 Å². The summed E-state index contributed by atoms with van der Waals surface area (Å²) in [5.41, 5.74) is 2.31. The molecule has 7 heteroatoms. The van der Waals surface area contributed by atoms with Crippen LogP contribution in [0.15, 0.2) is 66.2 Å². The maximum absolute atomic E-state index is 13.0. The number of halogens is 1. The SMILES string of the molecule is C=CCN1C(=O)[C@H](CC(=O)Nc2ccc(F)cc2)SC1=Nc1cccc(C)c1. The predicted molar refractivity (Wildman–Crippen MR) is 111 cm³/mol. The Morgan fingerprint density at radius 2 is 2.07 bits per heavy atom. The minimum absolute atomic E-state index is 0.00135. The first-order chi connectivity index (χ1) is 13.5. The molecule has 1 N–H and O–H groups in total. The standard InChI is InChI=1S/C21H20FN3O2S/c1-3-11-25-20(27)18(13-19(26)23-16-9-7-15(22)8-10-16)28-21(25)24-17-6-4-5-14(2)12-17/h3-10,12,18H,1,11,13H2,2H3,(H,23,26)/t18-/m0/s1. The number of anilines is 1. The third-order valence-electron chi connectivity index (χ3n) is 4.06. The maximum atomic E-state index is 13.0. The molecule has 0 bridgehead atoms. The number of amidine groups is 1. The fourth-order valence-electron chi connectivity index (χ4n) is 2.74. The van der Waals surface area contributed by atoms with Crippen molar-refractivity contribution in [2.45, 2.75) is 18.6 Å². The summed E-state index contributed by atoms with van der Waals surface area (Å²) in [6.45, 7) is 5.99. The van der Waals surface area contributed by atoms with Crippen molar-refractivity contribution in [1.82, 2.24) is 4.90 Å². The molecule has 0 unspecified atom stereocenters. The van der Waals surface area contributed by atoms with Crippen molar-refractivity contribution in [3.8, 4) is 0 Å². The summed E-state index contributed by atoms with van der Waals surface area (Å²) in [5, 5.41) is 2.67. The Morgan fingerprint density at radius 1 is 1.32 bits per heavy atom. The summed E-state index contributed by atoms with van der Waals surface area (Å²) in [6, 6.07) is 13.2. The zero-order chi connectivity index (χ0) is 20.1. The first-order valence-electron chi connectivity index (χ1n) is 8.76. The van der Waals surface area contributed by atoms with Gasteiger partial charge in [-0.2, -0.15) is 0 Å². The van der Waals surface area contributed by atoms with E-state index >= 15 is 0 Å². The zero-order valence-electron chi connectivity index (χ0n) is 15.4. The van der Waals surface area contributed by atoms with Gasteiger partial charge in [-0.15, -0.1) is 6.58 Å². The van der Waals surface area contributed by atoms with Crippen LogP contribution >= 0.6 is 11.8 Å². The monoisotopic (exact) mass is 397 g/mol. The number of aryl methyl sites for hydroxylation is 1. The molecule has 3 rings (SSSR count). The molecule has 1 fully saturated rings. The second-order valence-corrected chi connectivity index (χ2v) is 7.51. The lowest BCUT2D eigenvalue weighted by Gasteiger charge is -2.14. The van der Waals surface area contributed by atoms with Gasteiger partial charge in [0.15, 0.2) is 5.17 Å². The van der Waals surface area contributed by atoms with Crippen molar-refractivity contribution < 1.29 is 14.0 Å². The lowest BCUT2D eigenvalue weighted by molar-refractivity contribution is -0.127. The number of amides is 2. The molecule has 0 aliphatic carbocycles. The van der Waals surface area contributed by atoms with Gasteiger partial charge in [0.25, 0.3) is 0 Å². The van der Waals surface area contributed by atoms with Crippen molar-refractivity contribution in [2.24, 2.45) is 4.99 Å². The number of aliphatic imine (C=N–C) groups is 1. The summed E-state index contributed by atoms with van der Waals surface area (Å²) < 4.78 is 13.0. The van der Waals surface area contributed by atoms with E-state index in [4.69, 9.17) is 0 Å². The van der Waals surface area contributed by atoms with Crippen molar-refractivity contribution in [3.05, 3.63) is 72.6 Å². The molecule has 2 aromatic rings. The number of hydrogen-bond donors (Lipinski definition) is 1. The Hall–Kier alpha value is -2.93. The summed E-state index contributed by atoms with van der Waals surface area (Å²) in [7, 11) is 0. The first kappa shape index (κ1) is 19.8. The summed E-state index contributed by atoms with van der Waals surface area (Å²) >= 11 is 1.27. The normalized spacial score (nSPS) is 17.8. The molecule has 0 radical (unpaired) electrons. The summed E-state index contributed by atoms with van der Waals surface area (Å²) in [5.74, 6) is -0.866. The van der Waals surface area contributed by atoms with Crippen LogP contribution in [-0.4, -0.2) is 33.7 Å². The Morgan fingerprint density at radius 3 is 2.75 bits per heavy atom. The van der Waals surface area contributed by atoms with Gasteiger partial charge < -0.3 is 5.32 Å². The Bertz CT molecular complexity index is 928. The molecule has 1 heterocycles. The van der Waals surface area contributed by atoms with E-state index in [1.807, 2.05) is 31.2 Å². The highest BCUT2D eigenvalue weighted by atomic mass is 32.2. The molecule has 0 aromatic heterocycles. The molecule has 1 atom stereocenters. The number of nitrogens with zero attached hydrogens (tertiary/aromatic N) is 2. The first-order valence-corrected chi connectivity index (χ1v) is 9.64. The van der Waals surface area contributed by atoms with E-state index in [1.54, 1.807) is 6.08 Å². The maximum Gasteiger partial charge on any atom is 0.242 e. The Balaban J connectivity index is 1.73. The van der Waals surface area contributed by atoms with Crippen LogP contribution in [0.1, 0.15) is 12.0 Å². The smallest absolute Gasteiger partial charge is 0.242 e. The molecular formula is C21H20FN3O2S. The van der Waals surface area contributed by atoms with Gasteiger partial charge in [0.1, 0.15) is 11.1 Å². The van der Waals surface area contributed by atoms with Gasteiger partial charge in [-0.05, 0) is 48.9 Å². The van der Waals surface area contributed by atoms with Crippen molar-refractivity contribution >= 4 is 40.1 Å². The Labute approximate surface area is 167 Å². The lowest BCUT2D eigenvalue weighted by Crippen LogP contribution is -2.33. The van der Waals surface area contributed by atoms with Crippen LogP contribution in [0, 0.1) is 12.7 Å². The van der Waals surface area contributed by atoms with E-state index in [-0.39, 0.29) is 24.1 Å². The summed E-state index contributed by atoms with van der Waals surface area (Å²) in [4.78, 5) is 31.2. The number of hydrogen-bond acceptors (Lipinski definition) is 4. The minimum Gasteiger partial charge on any atom is -0.326 e. The number of thioether (sulfide) groups is 1. The molecule has 2 amide bonds. The summed E-state index contributed by atoms with van der Waals surface area (Å²) in [6.07, 6.45) is 1.63.